The molecule has 0 bridgehead atoms. The summed E-state index contributed by atoms with van der Waals surface area (Å²) < 4.78 is 0.545. The Kier molecular flexibility index (Phi) is 3.67. The van der Waals surface area contributed by atoms with Crippen molar-refractivity contribution in [1.82, 2.24) is 4.73 Å². The summed E-state index contributed by atoms with van der Waals surface area (Å²) in [7, 11) is 0. The van der Waals surface area contributed by atoms with E-state index in [0.717, 1.165) is 12.8 Å². The molecule has 1 aromatic heterocycles. The molecule has 4 nitrogen and oxygen atoms in total. The molecular weight excluding hydrogens is 254 g/mol. The largest absolute Gasteiger partial charge is 0.507 e. The van der Waals surface area contributed by atoms with Crippen LogP contribution in [0.25, 0.3) is 0 Å². The zero-order valence-electron chi connectivity index (χ0n) is 12.3. The average molecular weight is 277 g/mol. The molecule has 4 heteroatoms. The van der Waals surface area contributed by atoms with Crippen molar-refractivity contribution in [3.63, 3.8) is 0 Å². The van der Waals surface area contributed by atoms with Crippen LogP contribution in [0.2, 0.25) is 0 Å². The summed E-state index contributed by atoms with van der Waals surface area (Å²) in [4.78, 5) is 12.2. The van der Waals surface area contributed by atoms with Gasteiger partial charge in [-0.1, -0.05) is 26.8 Å². The first-order chi connectivity index (χ1) is 9.30. The van der Waals surface area contributed by atoms with Crippen LogP contribution in [-0.4, -0.2) is 15.0 Å². The van der Waals surface area contributed by atoms with Gasteiger partial charge in [0.15, 0.2) is 0 Å². The van der Waals surface area contributed by atoms with E-state index in [1.807, 2.05) is 6.08 Å². The summed E-state index contributed by atoms with van der Waals surface area (Å²) in [6.07, 6.45) is 4.97. The zero-order valence-corrected chi connectivity index (χ0v) is 12.3. The minimum Gasteiger partial charge on any atom is -0.507 e. The summed E-state index contributed by atoms with van der Waals surface area (Å²) in [6.45, 7) is 10.3. The van der Waals surface area contributed by atoms with Gasteiger partial charge in [0, 0.05) is 12.0 Å². The highest BCUT2D eigenvalue weighted by atomic mass is 16.5. The molecule has 20 heavy (non-hydrogen) atoms. The third-order valence-electron chi connectivity index (χ3n) is 4.71. The molecule has 0 amide bonds. The fourth-order valence-corrected chi connectivity index (χ4v) is 4.03. The monoisotopic (exact) mass is 277 g/mol. The fourth-order valence-electron chi connectivity index (χ4n) is 4.03. The predicted molar refractivity (Wildman–Crippen MR) is 78.2 cm³/mol. The van der Waals surface area contributed by atoms with E-state index in [1.165, 1.54) is 12.3 Å². The molecule has 1 fully saturated rings. The fraction of sp³-hybridized carbons (Fsp3) is 0.562. The number of pyridine rings is 1. The van der Waals surface area contributed by atoms with Gasteiger partial charge < -0.3 is 10.3 Å². The number of hydrogen-bond acceptors (Lipinski definition) is 3. The van der Waals surface area contributed by atoms with Crippen molar-refractivity contribution in [2.24, 2.45) is 17.3 Å². The maximum Gasteiger partial charge on any atom is 0.290 e. The molecule has 2 N–H and O–H groups in total. The standard InChI is InChI=1S/C16H23NO3/c1-5-16(4)9-10(2)8-11(3)14(16)13-12(18)6-7-17(20)15(13)19/h5-7,10-11,14,18,20H,1,8-9H2,2-4H3/t10-,11+,14+,16+/m1/s1. The van der Waals surface area contributed by atoms with Crippen LogP contribution in [0.4, 0.5) is 0 Å². The molecule has 0 aliphatic heterocycles. The lowest BCUT2D eigenvalue weighted by molar-refractivity contribution is 0.121. The Labute approximate surface area is 119 Å². The number of aromatic hydroxyl groups is 1. The summed E-state index contributed by atoms with van der Waals surface area (Å²) in [5.41, 5.74) is -0.497. The molecule has 4 atom stereocenters. The van der Waals surface area contributed by atoms with Gasteiger partial charge >= 0.3 is 0 Å². The van der Waals surface area contributed by atoms with Crippen molar-refractivity contribution in [3.05, 3.63) is 40.8 Å². The van der Waals surface area contributed by atoms with Crippen LogP contribution in [0, 0.1) is 17.3 Å². The Hall–Kier alpha value is -1.71. The van der Waals surface area contributed by atoms with Gasteiger partial charge in [-0.05, 0) is 30.1 Å². The van der Waals surface area contributed by atoms with Crippen LogP contribution in [-0.2, 0) is 0 Å². The lowest BCUT2D eigenvalue weighted by atomic mass is 9.58. The van der Waals surface area contributed by atoms with Crippen LogP contribution < -0.4 is 5.56 Å². The van der Waals surface area contributed by atoms with Crippen LogP contribution >= 0.6 is 0 Å². The Morgan fingerprint density at radius 2 is 2.15 bits per heavy atom. The molecule has 1 saturated carbocycles. The molecule has 0 unspecified atom stereocenters. The quantitative estimate of drug-likeness (QED) is 0.645. The second kappa shape index (κ2) is 5.00. The first-order valence-corrected chi connectivity index (χ1v) is 7.07. The SMILES string of the molecule is C=C[C@@]1(C)C[C@H](C)C[C@H](C)[C@H]1c1c(O)ccn(O)c1=O. The third-order valence-corrected chi connectivity index (χ3v) is 4.71. The van der Waals surface area contributed by atoms with Gasteiger partial charge in [-0.15, -0.1) is 6.58 Å². The van der Waals surface area contributed by atoms with Crippen molar-refractivity contribution >= 4 is 0 Å². The maximum atomic E-state index is 12.2. The molecule has 1 heterocycles. The van der Waals surface area contributed by atoms with Crippen LogP contribution in [0.1, 0.15) is 45.1 Å². The van der Waals surface area contributed by atoms with Crippen LogP contribution in [0.5, 0.6) is 5.75 Å². The van der Waals surface area contributed by atoms with E-state index in [4.69, 9.17) is 0 Å². The Bertz CT molecular complexity index is 578. The molecule has 0 aromatic carbocycles. The van der Waals surface area contributed by atoms with Crippen molar-refractivity contribution in [1.29, 1.82) is 0 Å². The topological polar surface area (TPSA) is 62.5 Å². The van der Waals surface area contributed by atoms with Gasteiger partial charge in [-0.3, -0.25) is 4.79 Å². The molecule has 1 aliphatic carbocycles. The van der Waals surface area contributed by atoms with Gasteiger partial charge in [-0.2, -0.15) is 4.73 Å². The zero-order chi connectivity index (χ0) is 15.1. The molecule has 0 radical (unpaired) electrons. The van der Waals surface area contributed by atoms with Crippen molar-refractivity contribution in [2.45, 2.75) is 39.5 Å². The predicted octanol–water partition coefficient (Wildman–Crippen LogP) is 3.13. The number of hydrogen-bond donors (Lipinski definition) is 2. The van der Waals surface area contributed by atoms with E-state index in [-0.39, 0.29) is 23.0 Å². The highest BCUT2D eigenvalue weighted by Gasteiger charge is 2.44. The Balaban J connectivity index is 2.63. The minimum absolute atomic E-state index is 0.0419. The van der Waals surface area contributed by atoms with E-state index in [0.29, 0.717) is 16.2 Å². The molecule has 1 aliphatic rings. The molecule has 0 spiro atoms. The highest BCUT2D eigenvalue weighted by molar-refractivity contribution is 5.36. The first-order valence-electron chi connectivity index (χ1n) is 7.07. The number of nitrogens with zero attached hydrogens (tertiary/aromatic N) is 1. The smallest absolute Gasteiger partial charge is 0.290 e. The van der Waals surface area contributed by atoms with E-state index in [1.54, 1.807) is 0 Å². The van der Waals surface area contributed by atoms with Gasteiger partial charge in [0.1, 0.15) is 5.75 Å². The molecule has 0 saturated heterocycles. The summed E-state index contributed by atoms with van der Waals surface area (Å²) >= 11 is 0. The molecule has 110 valence electrons. The van der Waals surface area contributed by atoms with Crippen LogP contribution in [0.3, 0.4) is 0 Å². The Morgan fingerprint density at radius 1 is 1.50 bits per heavy atom. The van der Waals surface area contributed by atoms with E-state index >= 15 is 0 Å². The van der Waals surface area contributed by atoms with Crippen molar-refractivity contribution < 1.29 is 10.3 Å². The normalized spacial score (nSPS) is 33.9. The highest BCUT2D eigenvalue weighted by Crippen LogP contribution is 2.53. The second-order valence-corrected chi connectivity index (χ2v) is 6.47. The van der Waals surface area contributed by atoms with E-state index < -0.39 is 5.56 Å². The van der Waals surface area contributed by atoms with Gasteiger partial charge in [-0.25, -0.2) is 0 Å². The van der Waals surface area contributed by atoms with Crippen LogP contribution in [0.15, 0.2) is 29.7 Å². The number of rotatable bonds is 2. The lowest BCUT2D eigenvalue weighted by Gasteiger charge is -2.46. The molecule has 2 rings (SSSR count). The summed E-state index contributed by atoms with van der Waals surface area (Å²) in [5, 5.41) is 19.7. The van der Waals surface area contributed by atoms with Gasteiger partial charge in [0.2, 0.25) is 0 Å². The minimum atomic E-state index is -0.538. The first kappa shape index (κ1) is 14.7. The summed E-state index contributed by atoms with van der Waals surface area (Å²) in [6, 6.07) is 1.37. The van der Waals surface area contributed by atoms with E-state index in [2.05, 4.69) is 27.4 Å². The maximum absolute atomic E-state index is 12.2. The average Bonchev–Trinajstić information content (AvgIpc) is 2.37. The van der Waals surface area contributed by atoms with Gasteiger partial charge in [0.05, 0.1) is 11.8 Å². The Morgan fingerprint density at radius 3 is 2.75 bits per heavy atom. The van der Waals surface area contributed by atoms with Crippen molar-refractivity contribution in [3.8, 4) is 5.75 Å². The van der Waals surface area contributed by atoms with Gasteiger partial charge in [0.25, 0.3) is 5.56 Å². The second-order valence-electron chi connectivity index (χ2n) is 6.47. The van der Waals surface area contributed by atoms with Crippen molar-refractivity contribution in [2.75, 3.05) is 0 Å². The van der Waals surface area contributed by atoms with E-state index in [9.17, 15) is 15.1 Å². The summed E-state index contributed by atoms with van der Waals surface area (Å²) in [5.74, 6) is 0.609. The number of allylic oxidation sites excluding steroid dienone is 1. The molecular formula is C16H23NO3. The lowest BCUT2D eigenvalue weighted by Crippen LogP contribution is -2.39. The third kappa shape index (κ3) is 2.23. The molecule has 1 aromatic rings. The number of aromatic nitrogens is 1.